The van der Waals surface area contributed by atoms with E-state index in [9.17, 15) is 4.79 Å². The third kappa shape index (κ3) is 2.46. The highest BCUT2D eigenvalue weighted by Crippen LogP contribution is 2.41. The van der Waals surface area contributed by atoms with Gasteiger partial charge in [0.05, 0.1) is 0 Å². The van der Waals surface area contributed by atoms with Gasteiger partial charge in [0, 0.05) is 19.0 Å². The van der Waals surface area contributed by atoms with Crippen molar-refractivity contribution in [2.24, 2.45) is 11.8 Å². The fourth-order valence-electron chi connectivity index (χ4n) is 2.95. The summed E-state index contributed by atoms with van der Waals surface area (Å²) in [6, 6.07) is 0. The molecule has 2 bridgehead atoms. The number of alkyl halides is 2. The van der Waals surface area contributed by atoms with Crippen LogP contribution in [-0.4, -0.2) is 39.8 Å². The molecule has 2 aliphatic heterocycles. The van der Waals surface area contributed by atoms with Crippen LogP contribution in [0.3, 0.4) is 0 Å². The largest absolute Gasteiger partial charge is 0.458 e. The Labute approximate surface area is 113 Å². The second kappa shape index (κ2) is 4.58. The SMILES string of the molecule is CC(C)(OC(=O)C(Br)Br)C1CN2CCC1C2. The summed E-state index contributed by atoms with van der Waals surface area (Å²) >= 11 is 6.35. The maximum absolute atomic E-state index is 11.6. The summed E-state index contributed by atoms with van der Waals surface area (Å²) < 4.78 is 5.17. The van der Waals surface area contributed by atoms with Crippen LogP contribution in [0, 0.1) is 11.8 Å². The lowest BCUT2D eigenvalue weighted by molar-refractivity contribution is -0.160. The van der Waals surface area contributed by atoms with Gasteiger partial charge in [0.2, 0.25) is 0 Å². The van der Waals surface area contributed by atoms with Crippen molar-refractivity contribution in [1.82, 2.24) is 4.90 Å². The van der Waals surface area contributed by atoms with E-state index >= 15 is 0 Å². The van der Waals surface area contributed by atoms with Crippen molar-refractivity contribution in [3.63, 3.8) is 0 Å². The minimum Gasteiger partial charge on any atom is -0.458 e. The van der Waals surface area contributed by atoms with Gasteiger partial charge in [0.1, 0.15) is 5.60 Å². The number of fused-ring (bicyclic) bond motifs is 2. The number of rotatable bonds is 3. The first kappa shape index (κ1) is 12.8. The Balaban J connectivity index is 1.99. The van der Waals surface area contributed by atoms with Crippen LogP contribution in [0.2, 0.25) is 0 Å². The molecule has 0 radical (unpaired) electrons. The molecule has 16 heavy (non-hydrogen) atoms. The lowest BCUT2D eigenvalue weighted by atomic mass is 9.80. The van der Waals surface area contributed by atoms with E-state index in [-0.39, 0.29) is 11.6 Å². The molecule has 3 nitrogen and oxygen atoms in total. The van der Waals surface area contributed by atoms with Crippen LogP contribution >= 0.6 is 31.9 Å². The molecule has 0 aromatic carbocycles. The molecule has 2 rings (SSSR count). The fraction of sp³-hybridized carbons (Fsp3) is 0.909. The van der Waals surface area contributed by atoms with Gasteiger partial charge in [0.15, 0.2) is 3.74 Å². The summed E-state index contributed by atoms with van der Waals surface area (Å²) in [5.41, 5.74) is -0.364. The smallest absolute Gasteiger partial charge is 0.331 e. The second-order valence-corrected chi connectivity index (χ2v) is 8.30. The number of esters is 1. The molecule has 0 saturated carbocycles. The fourth-order valence-corrected chi connectivity index (χ4v) is 3.14. The molecule has 0 aromatic rings. The van der Waals surface area contributed by atoms with Crippen molar-refractivity contribution in [2.45, 2.75) is 29.6 Å². The Morgan fingerprint density at radius 2 is 2.12 bits per heavy atom. The van der Waals surface area contributed by atoms with Crippen molar-refractivity contribution >= 4 is 37.8 Å². The first-order valence-electron chi connectivity index (χ1n) is 5.63. The molecule has 5 heteroatoms. The quantitative estimate of drug-likeness (QED) is 0.575. The molecule has 0 spiro atoms. The summed E-state index contributed by atoms with van der Waals surface area (Å²) in [6.45, 7) is 7.52. The Kier molecular flexibility index (Phi) is 3.67. The predicted molar refractivity (Wildman–Crippen MR) is 69.9 cm³/mol. The summed E-state index contributed by atoms with van der Waals surface area (Å²) in [5.74, 6) is 0.943. The zero-order valence-corrected chi connectivity index (χ0v) is 12.8. The van der Waals surface area contributed by atoms with Crippen LogP contribution in [0.15, 0.2) is 0 Å². The zero-order valence-electron chi connectivity index (χ0n) is 9.58. The molecule has 0 amide bonds. The lowest BCUT2D eigenvalue weighted by Gasteiger charge is -2.36. The molecule has 2 heterocycles. The molecule has 3 unspecified atom stereocenters. The Bertz CT molecular complexity index is 294. The Hall–Kier alpha value is 0.390. The zero-order chi connectivity index (χ0) is 11.9. The van der Waals surface area contributed by atoms with Gasteiger partial charge in [0.25, 0.3) is 0 Å². The number of ether oxygens (including phenoxy) is 1. The normalized spacial score (nSPS) is 33.4. The highest BCUT2D eigenvalue weighted by Gasteiger charge is 2.47. The number of nitrogens with zero attached hydrogens (tertiary/aromatic N) is 1. The first-order valence-corrected chi connectivity index (χ1v) is 7.46. The van der Waals surface area contributed by atoms with Gasteiger partial charge in [-0.05, 0) is 32.7 Å². The van der Waals surface area contributed by atoms with Gasteiger partial charge in [-0.25, -0.2) is 4.79 Å². The van der Waals surface area contributed by atoms with Gasteiger partial charge in [-0.15, -0.1) is 0 Å². The standard InChI is InChI=1S/C11H17Br2NO2/c1-11(2,16-10(15)9(12)13)8-6-14-4-3-7(8)5-14/h7-9H,3-6H2,1-2H3. The Morgan fingerprint density at radius 3 is 2.56 bits per heavy atom. The van der Waals surface area contributed by atoms with Gasteiger partial charge >= 0.3 is 5.97 Å². The minimum atomic E-state index is -0.404. The van der Waals surface area contributed by atoms with Gasteiger partial charge in [-0.1, -0.05) is 31.9 Å². The number of piperidine rings is 1. The molecular formula is C11H17Br2NO2. The van der Waals surface area contributed by atoms with Crippen LogP contribution in [0.1, 0.15) is 20.3 Å². The van der Waals surface area contributed by atoms with E-state index in [1.807, 2.05) is 13.8 Å². The molecule has 0 N–H and O–H groups in total. The molecule has 2 aliphatic rings. The molecule has 2 fully saturated rings. The van der Waals surface area contributed by atoms with Crippen molar-refractivity contribution in [3.8, 4) is 0 Å². The monoisotopic (exact) mass is 353 g/mol. The van der Waals surface area contributed by atoms with Gasteiger partial charge in [-0.3, -0.25) is 0 Å². The van der Waals surface area contributed by atoms with E-state index in [4.69, 9.17) is 4.74 Å². The number of hydrogen-bond acceptors (Lipinski definition) is 3. The lowest BCUT2D eigenvalue weighted by Crippen LogP contribution is -2.43. The Morgan fingerprint density at radius 1 is 1.44 bits per heavy atom. The summed E-state index contributed by atoms with van der Waals surface area (Å²) in [4.78, 5) is 14.1. The van der Waals surface area contributed by atoms with Crippen LogP contribution < -0.4 is 0 Å². The second-order valence-electron chi connectivity index (χ2n) is 5.24. The third-order valence-electron chi connectivity index (χ3n) is 3.77. The van der Waals surface area contributed by atoms with E-state index < -0.39 is 3.74 Å². The van der Waals surface area contributed by atoms with Crippen molar-refractivity contribution in [3.05, 3.63) is 0 Å². The topological polar surface area (TPSA) is 29.5 Å². The summed E-state index contributed by atoms with van der Waals surface area (Å²) in [6.07, 6.45) is 1.25. The number of halogens is 2. The third-order valence-corrected chi connectivity index (χ3v) is 4.52. The first-order chi connectivity index (χ1) is 7.40. The highest BCUT2D eigenvalue weighted by molar-refractivity contribution is 9.25. The maximum atomic E-state index is 11.6. The van der Waals surface area contributed by atoms with E-state index in [1.165, 1.54) is 19.5 Å². The van der Waals surface area contributed by atoms with Crippen LogP contribution in [-0.2, 0) is 9.53 Å². The van der Waals surface area contributed by atoms with Gasteiger partial charge < -0.3 is 9.64 Å². The van der Waals surface area contributed by atoms with Crippen LogP contribution in [0.5, 0.6) is 0 Å². The van der Waals surface area contributed by atoms with Crippen LogP contribution in [0.25, 0.3) is 0 Å². The summed E-state index contributed by atoms with van der Waals surface area (Å²) in [5, 5.41) is 0. The van der Waals surface area contributed by atoms with Crippen LogP contribution in [0.4, 0.5) is 0 Å². The molecule has 0 aromatic heterocycles. The number of hydrogen-bond donors (Lipinski definition) is 0. The van der Waals surface area contributed by atoms with Crippen molar-refractivity contribution < 1.29 is 9.53 Å². The average molecular weight is 355 g/mol. The highest BCUT2D eigenvalue weighted by atomic mass is 79.9. The molecule has 92 valence electrons. The number of carbonyl (C=O) groups excluding carboxylic acids is 1. The summed E-state index contributed by atoms with van der Waals surface area (Å²) in [7, 11) is 0. The van der Waals surface area contributed by atoms with E-state index in [1.54, 1.807) is 0 Å². The molecule has 0 aliphatic carbocycles. The number of carbonyl (C=O) groups is 1. The average Bonchev–Trinajstić information content (AvgIpc) is 2.77. The molecule has 2 saturated heterocycles. The predicted octanol–water partition coefficient (Wildman–Crippen LogP) is 2.38. The van der Waals surface area contributed by atoms with E-state index in [2.05, 4.69) is 36.8 Å². The van der Waals surface area contributed by atoms with Gasteiger partial charge in [-0.2, -0.15) is 0 Å². The van der Waals surface area contributed by atoms with E-state index in [0.29, 0.717) is 11.8 Å². The maximum Gasteiger partial charge on any atom is 0.331 e. The van der Waals surface area contributed by atoms with Crippen molar-refractivity contribution in [2.75, 3.05) is 19.6 Å². The molecular weight excluding hydrogens is 338 g/mol. The van der Waals surface area contributed by atoms with E-state index in [0.717, 1.165) is 6.54 Å². The molecule has 3 atom stereocenters. The minimum absolute atomic E-state index is 0.234. The van der Waals surface area contributed by atoms with Crippen molar-refractivity contribution in [1.29, 1.82) is 0 Å².